The Morgan fingerprint density at radius 2 is 2.20 bits per heavy atom. The molecule has 0 fully saturated rings. The van der Waals surface area contributed by atoms with Crippen LogP contribution in [-0.2, 0) is 13.5 Å². The van der Waals surface area contributed by atoms with Crippen molar-refractivity contribution < 1.29 is 0 Å². The second-order valence-electron chi connectivity index (χ2n) is 4.14. The summed E-state index contributed by atoms with van der Waals surface area (Å²) in [5.74, 6) is 0. The maximum Gasteiger partial charge on any atom is 0.0738 e. The van der Waals surface area contributed by atoms with Crippen LogP contribution in [0.4, 0.5) is 0 Å². The van der Waals surface area contributed by atoms with Gasteiger partial charge in [-0.2, -0.15) is 5.10 Å². The number of aromatic nitrogens is 2. The van der Waals surface area contributed by atoms with E-state index in [0.717, 1.165) is 21.9 Å². The highest BCUT2D eigenvalue weighted by molar-refractivity contribution is 9.10. The molecule has 0 saturated carbocycles. The largest absolute Gasteiger partial charge is 0.271 e. The van der Waals surface area contributed by atoms with E-state index < -0.39 is 0 Å². The van der Waals surface area contributed by atoms with Crippen LogP contribution in [0.1, 0.15) is 18.3 Å². The zero-order valence-corrected chi connectivity index (χ0v) is 12.5. The van der Waals surface area contributed by atoms with Gasteiger partial charge in [-0.15, -0.1) is 6.58 Å². The number of hydrogen-bond donors (Lipinski definition) is 0. The Morgan fingerprint density at radius 1 is 1.60 bits per heavy atom. The van der Waals surface area contributed by atoms with E-state index in [2.05, 4.69) is 50.5 Å². The van der Waals surface area contributed by atoms with Gasteiger partial charge in [-0.05, 0) is 22.9 Å². The van der Waals surface area contributed by atoms with Crippen molar-refractivity contribution in [1.29, 1.82) is 0 Å². The van der Waals surface area contributed by atoms with Gasteiger partial charge < -0.3 is 0 Å². The van der Waals surface area contributed by atoms with Gasteiger partial charge in [0.05, 0.1) is 15.9 Å². The average Bonchev–Trinajstić information content (AvgIpc) is 2.45. The smallest absolute Gasteiger partial charge is 0.0738 e. The number of alkyl halides is 1. The standard InChI is InChI=1S/C11H16Br2N2/c1-5-11(3,7-12)6-9-10(13)8(2)14-15(9)4/h5H,1,6-7H2,2-4H3. The normalized spacial score (nSPS) is 15.0. The molecule has 1 heterocycles. The molecule has 0 aliphatic heterocycles. The van der Waals surface area contributed by atoms with E-state index in [1.165, 1.54) is 5.69 Å². The minimum Gasteiger partial charge on any atom is -0.271 e. The summed E-state index contributed by atoms with van der Waals surface area (Å²) in [6, 6.07) is 0. The number of rotatable bonds is 4. The molecule has 0 spiro atoms. The Labute approximate surface area is 108 Å². The topological polar surface area (TPSA) is 17.8 Å². The van der Waals surface area contributed by atoms with Gasteiger partial charge in [0.2, 0.25) is 0 Å². The first-order valence-electron chi connectivity index (χ1n) is 4.81. The van der Waals surface area contributed by atoms with Gasteiger partial charge in [0, 0.05) is 24.2 Å². The third-order valence-corrected chi connectivity index (χ3v) is 4.94. The fraction of sp³-hybridized carbons (Fsp3) is 0.545. The first-order valence-corrected chi connectivity index (χ1v) is 6.72. The van der Waals surface area contributed by atoms with E-state index in [0.29, 0.717) is 0 Å². The van der Waals surface area contributed by atoms with Crippen molar-refractivity contribution in [3.8, 4) is 0 Å². The van der Waals surface area contributed by atoms with Crippen molar-refractivity contribution in [2.24, 2.45) is 12.5 Å². The van der Waals surface area contributed by atoms with Gasteiger partial charge >= 0.3 is 0 Å². The minimum atomic E-state index is 0.0722. The molecule has 1 aromatic heterocycles. The molecule has 1 rings (SSSR count). The Bertz CT molecular complexity index is 371. The predicted molar refractivity (Wildman–Crippen MR) is 71.4 cm³/mol. The highest BCUT2D eigenvalue weighted by Gasteiger charge is 2.23. The van der Waals surface area contributed by atoms with Crippen LogP contribution in [0, 0.1) is 12.3 Å². The number of nitrogens with zero attached hydrogens (tertiary/aromatic N) is 2. The van der Waals surface area contributed by atoms with Crippen molar-refractivity contribution in [3.05, 3.63) is 28.5 Å². The van der Waals surface area contributed by atoms with Crippen molar-refractivity contribution in [3.63, 3.8) is 0 Å². The number of allylic oxidation sites excluding steroid dienone is 1. The third-order valence-electron chi connectivity index (χ3n) is 2.63. The van der Waals surface area contributed by atoms with Crippen molar-refractivity contribution in [2.75, 3.05) is 5.33 Å². The maximum atomic E-state index is 4.38. The zero-order valence-electron chi connectivity index (χ0n) is 9.35. The number of halogens is 2. The molecule has 2 nitrogen and oxygen atoms in total. The molecule has 1 aromatic rings. The lowest BCUT2D eigenvalue weighted by Crippen LogP contribution is -2.20. The van der Waals surface area contributed by atoms with Crippen molar-refractivity contribution in [1.82, 2.24) is 9.78 Å². The van der Waals surface area contributed by atoms with Crippen LogP contribution in [0.15, 0.2) is 17.1 Å². The fourth-order valence-corrected chi connectivity index (χ4v) is 2.33. The van der Waals surface area contributed by atoms with E-state index in [9.17, 15) is 0 Å². The maximum absolute atomic E-state index is 4.38. The molecule has 0 N–H and O–H groups in total. The van der Waals surface area contributed by atoms with E-state index in [4.69, 9.17) is 0 Å². The molecule has 84 valence electrons. The fourth-order valence-electron chi connectivity index (χ4n) is 1.43. The third kappa shape index (κ3) is 2.72. The van der Waals surface area contributed by atoms with E-state index >= 15 is 0 Å². The molecule has 0 aliphatic rings. The lowest BCUT2D eigenvalue weighted by atomic mass is 9.88. The van der Waals surface area contributed by atoms with E-state index in [1.807, 2.05) is 24.7 Å². The van der Waals surface area contributed by atoms with Gasteiger partial charge in [0.1, 0.15) is 0 Å². The van der Waals surface area contributed by atoms with Crippen LogP contribution in [0.5, 0.6) is 0 Å². The Balaban J connectivity index is 3.03. The van der Waals surface area contributed by atoms with Crippen LogP contribution in [0.3, 0.4) is 0 Å². The highest BCUT2D eigenvalue weighted by atomic mass is 79.9. The van der Waals surface area contributed by atoms with Crippen LogP contribution >= 0.6 is 31.9 Å². The summed E-state index contributed by atoms with van der Waals surface area (Å²) in [7, 11) is 1.98. The average molecular weight is 336 g/mol. The summed E-state index contributed by atoms with van der Waals surface area (Å²) in [5, 5.41) is 5.29. The van der Waals surface area contributed by atoms with Crippen LogP contribution < -0.4 is 0 Å². The quantitative estimate of drug-likeness (QED) is 0.607. The molecule has 1 unspecified atom stereocenters. The summed E-state index contributed by atoms with van der Waals surface area (Å²) in [5.41, 5.74) is 2.32. The number of aryl methyl sites for hydroxylation is 2. The van der Waals surface area contributed by atoms with E-state index in [1.54, 1.807) is 0 Å². The SMILES string of the molecule is C=CC(C)(CBr)Cc1c(Br)c(C)nn1C. The summed E-state index contributed by atoms with van der Waals surface area (Å²) >= 11 is 7.11. The molecule has 15 heavy (non-hydrogen) atoms. The molecule has 4 heteroatoms. The first-order chi connectivity index (χ1) is 6.93. The summed E-state index contributed by atoms with van der Waals surface area (Å²) < 4.78 is 3.04. The lowest BCUT2D eigenvalue weighted by Gasteiger charge is -2.23. The van der Waals surface area contributed by atoms with Crippen LogP contribution in [-0.4, -0.2) is 15.1 Å². The van der Waals surface area contributed by atoms with Gasteiger partial charge in [0.15, 0.2) is 0 Å². The molecule has 0 saturated heterocycles. The molecule has 0 bridgehead atoms. The summed E-state index contributed by atoms with van der Waals surface area (Å²) in [6.07, 6.45) is 2.93. The van der Waals surface area contributed by atoms with Gasteiger partial charge in [-0.25, -0.2) is 0 Å². The first kappa shape index (κ1) is 13.0. The van der Waals surface area contributed by atoms with E-state index in [-0.39, 0.29) is 5.41 Å². The van der Waals surface area contributed by atoms with Crippen molar-refractivity contribution >= 4 is 31.9 Å². The van der Waals surface area contributed by atoms with Crippen molar-refractivity contribution in [2.45, 2.75) is 20.3 Å². The summed E-state index contributed by atoms with van der Waals surface area (Å²) in [4.78, 5) is 0. The highest BCUT2D eigenvalue weighted by Crippen LogP contribution is 2.30. The molecule has 1 atom stereocenters. The second-order valence-corrected chi connectivity index (χ2v) is 5.49. The van der Waals surface area contributed by atoms with Crippen LogP contribution in [0.2, 0.25) is 0 Å². The number of hydrogen-bond acceptors (Lipinski definition) is 1. The monoisotopic (exact) mass is 334 g/mol. The Hall–Kier alpha value is -0.0900. The Morgan fingerprint density at radius 3 is 2.53 bits per heavy atom. The molecule has 0 radical (unpaired) electrons. The molecule has 0 amide bonds. The van der Waals surface area contributed by atoms with Gasteiger partial charge in [-0.1, -0.05) is 28.9 Å². The zero-order chi connectivity index (χ0) is 11.6. The minimum absolute atomic E-state index is 0.0722. The molecular formula is C11H16Br2N2. The molecular weight excluding hydrogens is 320 g/mol. The molecule has 0 aliphatic carbocycles. The van der Waals surface area contributed by atoms with Gasteiger partial charge in [-0.3, -0.25) is 4.68 Å². The lowest BCUT2D eigenvalue weighted by molar-refractivity contribution is 0.471. The summed E-state index contributed by atoms with van der Waals surface area (Å²) in [6.45, 7) is 8.08. The van der Waals surface area contributed by atoms with Gasteiger partial charge in [0.25, 0.3) is 0 Å². The predicted octanol–water partition coefficient (Wildman–Crippen LogP) is 3.62. The molecule has 0 aromatic carbocycles. The second kappa shape index (κ2) is 4.83. The van der Waals surface area contributed by atoms with Crippen LogP contribution in [0.25, 0.3) is 0 Å². The Kier molecular flexibility index (Phi) is 4.18.